The molecule has 5 rings (SSSR count). The molecule has 2 aromatic carbocycles. The minimum atomic E-state index is -0.368. The average molecular weight is 392 g/mol. The summed E-state index contributed by atoms with van der Waals surface area (Å²) in [5.41, 5.74) is 4.10. The SMILES string of the molecule is COc1cccc2c1O[C@H](c1cccnc1)N1N=C(c3ccc(Cl)cc3)C[C@@H]21. The lowest BCUT2D eigenvalue weighted by atomic mass is 9.95. The summed E-state index contributed by atoms with van der Waals surface area (Å²) in [6.45, 7) is 0. The van der Waals surface area contributed by atoms with E-state index in [4.69, 9.17) is 26.2 Å². The largest absolute Gasteiger partial charge is 0.493 e. The molecule has 2 aliphatic rings. The average Bonchev–Trinajstić information content (AvgIpc) is 3.19. The molecular weight excluding hydrogens is 374 g/mol. The topological polar surface area (TPSA) is 47.0 Å². The Morgan fingerprint density at radius 3 is 2.71 bits per heavy atom. The summed E-state index contributed by atoms with van der Waals surface area (Å²) in [7, 11) is 1.66. The van der Waals surface area contributed by atoms with Crippen LogP contribution in [0.1, 0.15) is 35.4 Å². The Balaban J connectivity index is 1.61. The van der Waals surface area contributed by atoms with Crippen LogP contribution >= 0.6 is 11.6 Å². The van der Waals surface area contributed by atoms with Crippen LogP contribution in [-0.4, -0.2) is 22.8 Å². The third-order valence-corrected chi connectivity index (χ3v) is 5.40. The molecule has 2 aliphatic heterocycles. The van der Waals surface area contributed by atoms with Gasteiger partial charge in [0.1, 0.15) is 0 Å². The van der Waals surface area contributed by atoms with E-state index in [0.29, 0.717) is 5.02 Å². The van der Waals surface area contributed by atoms with E-state index in [2.05, 4.69) is 11.1 Å². The molecule has 2 atom stereocenters. The Hall–Kier alpha value is -3.05. The van der Waals surface area contributed by atoms with Gasteiger partial charge in [0.05, 0.1) is 18.9 Å². The van der Waals surface area contributed by atoms with Gasteiger partial charge in [0.2, 0.25) is 6.23 Å². The van der Waals surface area contributed by atoms with Crippen LogP contribution in [-0.2, 0) is 0 Å². The van der Waals surface area contributed by atoms with Gasteiger partial charge in [-0.1, -0.05) is 41.9 Å². The molecule has 0 unspecified atom stereocenters. The number of fused-ring (bicyclic) bond motifs is 3. The number of rotatable bonds is 3. The monoisotopic (exact) mass is 391 g/mol. The van der Waals surface area contributed by atoms with Crippen molar-refractivity contribution >= 4 is 17.3 Å². The Morgan fingerprint density at radius 2 is 1.96 bits per heavy atom. The third-order valence-electron chi connectivity index (χ3n) is 5.15. The van der Waals surface area contributed by atoms with Gasteiger partial charge in [-0.05, 0) is 29.8 Å². The predicted octanol–water partition coefficient (Wildman–Crippen LogP) is 4.99. The van der Waals surface area contributed by atoms with E-state index < -0.39 is 0 Å². The molecule has 0 spiro atoms. The highest BCUT2D eigenvalue weighted by atomic mass is 35.5. The lowest BCUT2D eigenvalue weighted by Gasteiger charge is -2.38. The number of hydrazone groups is 1. The molecule has 28 heavy (non-hydrogen) atoms. The summed E-state index contributed by atoms with van der Waals surface area (Å²) in [5, 5.41) is 7.68. The lowest BCUT2D eigenvalue weighted by Crippen LogP contribution is -2.33. The highest BCUT2D eigenvalue weighted by Crippen LogP contribution is 2.50. The molecule has 140 valence electrons. The van der Waals surface area contributed by atoms with Crippen LogP contribution in [0.5, 0.6) is 11.5 Å². The maximum Gasteiger partial charge on any atom is 0.215 e. The second-order valence-electron chi connectivity index (χ2n) is 6.79. The first kappa shape index (κ1) is 17.1. The fourth-order valence-electron chi connectivity index (χ4n) is 3.80. The predicted molar refractivity (Wildman–Crippen MR) is 108 cm³/mol. The summed E-state index contributed by atoms with van der Waals surface area (Å²) in [6.07, 6.45) is 3.98. The van der Waals surface area contributed by atoms with E-state index in [-0.39, 0.29) is 12.3 Å². The van der Waals surface area contributed by atoms with Gasteiger partial charge in [-0.25, -0.2) is 5.01 Å². The highest BCUT2D eigenvalue weighted by Gasteiger charge is 2.42. The van der Waals surface area contributed by atoms with Crippen molar-refractivity contribution in [3.05, 3.63) is 88.7 Å². The van der Waals surface area contributed by atoms with Crippen LogP contribution in [0.15, 0.2) is 72.1 Å². The normalized spacial score (nSPS) is 20.1. The second-order valence-corrected chi connectivity index (χ2v) is 7.23. The molecule has 0 radical (unpaired) electrons. The first-order valence-electron chi connectivity index (χ1n) is 9.10. The van der Waals surface area contributed by atoms with Crippen LogP contribution in [0.4, 0.5) is 0 Å². The molecule has 0 N–H and O–H groups in total. The van der Waals surface area contributed by atoms with E-state index >= 15 is 0 Å². The van der Waals surface area contributed by atoms with Crippen molar-refractivity contribution in [2.75, 3.05) is 7.11 Å². The fourth-order valence-corrected chi connectivity index (χ4v) is 3.93. The number of methoxy groups -OCH3 is 1. The summed E-state index contributed by atoms with van der Waals surface area (Å²) in [6, 6.07) is 17.8. The number of halogens is 1. The zero-order valence-electron chi connectivity index (χ0n) is 15.2. The van der Waals surface area contributed by atoms with Gasteiger partial charge in [0, 0.05) is 35.0 Å². The fraction of sp³-hybridized carbons (Fsp3) is 0.182. The van der Waals surface area contributed by atoms with Gasteiger partial charge >= 0.3 is 0 Å². The van der Waals surface area contributed by atoms with Crippen molar-refractivity contribution in [3.63, 3.8) is 0 Å². The number of hydrogen-bond acceptors (Lipinski definition) is 5. The number of hydrogen-bond donors (Lipinski definition) is 0. The maximum absolute atomic E-state index is 6.39. The third kappa shape index (κ3) is 2.79. The van der Waals surface area contributed by atoms with E-state index in [0.717, 1.165) is 40.3 Å². The Morgan fingerprint density at radius 1 is 1.11 bits per heavy atom. The molecule has 6 heteroatoms. The quantitative estimate of drug-likeness (QED) is 0.631. The summed E-state index contributed by atoms with van der Waals surface area (Å²) >= 11 is 6.05. The van der Waals surface area contributed by atoms with E-state index in [1.807, 2.05) is 59.7 Å². The molecule has 1 aromatic heterocycles. The number of para-hydroxylation sites is 1. The maximum atomic E-state index is 6.39. The van der Waals surface area contributed by atoms with E-state index in [9.17, 15) is 0 Å². The zero-order chi connectivity index (χ0) is 19.1. The van der Waals surface area contributed by atoms with Crippen molar-refractivity contribution in [3.8, 4) is 11.5 Å². The number of aromatic nitrogens is 1. The van der Waals surface area contributed by atoms with E-state index in [1.165, 1.54) is 0 Å². The standard InChI is InChI=1S/C22H18ClN3O2/c1-27-20-6-2-5-17-19-12-18(14-7-9-16(23)10-8-14)25-26(19)22(28-21(17)20)15-4-3-11-24-13-15/h2-11,13,19,22H,12H2,1H3/t19-,22+/m0/s1. The molecule has 0 fully saturated rings. The van der Waals surface area contributed by atoms with Crippen LogP contribution in [0, 0.1) is 0 Å². The molecular formula is C22H18ClN3O2. The number of nitrogens with zero attached hydrogens (tertiary/aromatic N) is 3. The molecule has 0 aliphatic carbocycles. The van der Waals surface area contributed by atoms with E-state index in [1.54, 1.807) is 13.3 Å². The highest BCUT2D eigenvalue weighted by molar-refractivity contribution is 6.30. The molecule has 0 amide bonds. The molecule has 3 heterocycles. The zero-order valence-corrected chi connectivity index (χ0v) is 16.0. The summed E-state index contributed by atoms with van der Waals surface area (Å²) in [4.78, 5) is 4.26. The molecule has 0 bridgehead atoms. The lowest BCUT2D eigenvalue weighted by molar-refractivity contribution is -0.0211. The Bertz CT molecular complexity index is 1040. The first-order valence-corrected chi connectivity index (χ1v) is 9.47. The van der Waals surface area contributed by atoms with Crippen LogP contribution in [0.2, 0.25) is 5.02 Å². The first-order chi connectivity index (χ1) is 13.7. The minimum absolute atomic E-state index is 0.0646. The molecule has 0 saturated heterocycles. The van der Waals surface area contributed by atoms with Crippen molar-refractivity contribution in [2.45, 2.75) is 18.7 Å². The smallest absolute Gasteiger partial charge is 0.215 e. The van der Waals surface area contributed by atoms with Gasteiger partial charge in [0.15, 0.2) is 11.5 Å². The summed E-state index contributed by atoms with van der Waals surface area (Å²) < 4.78 is 11.9. The van der Waals surface area contributed by atoms with Crippen molar-refractivity contribution in [1.29, 1.82) is 0 Å². The van der Waals surface area contributed by atoms with Crippen LogP contribution < -0.4 is 9.47 Å². The number of ether oxygens (including phenoxy) is 2. The van der Waals surface area contributed by atoms with Gasteiger partial charge in [-0.15, -0.1) is 0 Å². The molecule has 5 nitrogen and oxygen atoms in total. The van der Waals surface area contributed by atoms with Crippen molar-refractivity contribution in [1.82, 2.24) is 9.99 Å². The second kappa shape index (κ2) is 6.84. The Kier molecular flexibility index (Phi) is 4.17. The van der Waals surface area contributed by atoms with Gasteiger partial charge in [0.25, 0.3) is 0 Å². The van der Waals surface area contributed by atoms with Crippen LogP contribution in [0.25, 0.3) is 0 Å². The van der Waals surface area contributed by atoms with Gasteiger partial charge < -0.3 is 9.47 Å². The minimum Gasteiger partial charge on any atom is -0.493 e. The van der Waals surface area contributed by atoms with Crippen molar-refractivity contribution in [2.24, 2.45) is 5.10 Å². The molecule has 0 saturated carbocycles. The molecule has 3 aromatic rings. The summed E-state index contributed by atoms with van der Waals surface area (Å²) in [5.74, 6) is 1.50. The van der Waals surface area contributed by atoms with Crippen molar-refractivity contribution < 1.29 is 9.47 Å². The van der Waals surface area contributed by atoms with Gasteiger partial charge in [-0.3, -0.25) is 4.98 Å². The number of pyridine rings is 1. The Labute approximate surface area is 168 Å². The van der Waals surface area contributed by atoms with Crippen LogP contribution in [0.3, 0.4) is 0 Å². The van der Waals surface area contributed by atoms with Gasteiger partial charge in [-0.2, -0.15) is 5.10 Å². The number of benzene rings is 2.